The van der Waals surface area contributed by atoms with Crippen LogP contribution in [0.4, 0.5) is 24.5 Å². The number of sulfonamides is 1. The number of alkyl halides is 3. The van der Waals surface area contributed by atoms with E-state index in [9.17, 15) is 31.5 Å². The minimum atomic E-state index is -4.92. The van der Waals surface area contributed by atoms with E-state index in [1.807, 2.05) is 0 Å². The van der Waals surface area contributed by atoms with Crippen LogP contribution in [0.3, 0.4) is 0 Å². The summed E-state index contributed by atoms with van der Waals surface area (Å²) in [5.74, 6) is -1.56. The standard InChI is InChI=1S/C22H25F3N2O6S/c1-2-32-19-13-14(26-21(29)17-8-3-4-9-18(17)28)10-11-20(19)34(30,31)27-15-6-5-7-16(12-15)33-22(23,24)25/h5-7,10-13,17-18,27-28H,2-4,8-9H2,1H3,(H,26,29)/t17-,18-/m0/s1. The molecule has 1 saturated carbocycles. The summed E-state index contributed by atoms with van der Waals surface area (Å²) in [5, 5.41) is 12.8. The van der Waals surface area contributed by atoms with Crippen molar-refractivity contribution in [3.05, 3.63) is 42.5 Å². The number of aliphatic hydroxyl groups is 1. The van der Waals surface area contributed by atoms with Crippen LogP contribution in [0.5, 0.6) is 11.5 Å². The minimum absolute atomic E-state index is 0.0558. The van der Waals surface area contributed by atoms with Crippen LogP contribution < -0.4 is 19.5 Å². The van der Waals surface area contributed by atoms with Crippen molar-refractivity contribution in [1.82, 2.24) is 0 Å². The number of benzene rings is 2. The van der Waals surface area contributed by atoms with E-state index in [0.717, 1.165) is 25.0 Å². The number of hydrogen-bond acceptors (Lipinski definition) is 6. The van der Waals surface area contributed by atoms with E-state index >= 15 is 0 Å². The summed E-state index contributed by atoms with van der Waals surface area (Å²) in [6.45, 7) is 1.77. The third kappa shape index (κ3) is 6.76. The molecule has 0 aromatic heterocycles. The predicted molar refractivity (Wildman–Crippen MR) is 118 cm³/mol. The van der Waals surface area contributed by atoms with Gasteiger partial charge in [0.2, 0.25) is 5.91 Å². The first-order valence-electron chi connectivity index (χ1n) is 10.6. The number of carbonyl (C=O) groups is 1. The van der Waals surface area contributed by atoms with E-state index in [-0.39, 0.29) is 34.5 Å². The SMILES string of the molecule is CCOc1cc(NC(=O)[C@H]2CCCC[C@@H]2O)ccc1S(=O)(=O)Nc1cccc(OC(F)(F)F)c1. The lowest BCUT2D eigenvalue weighted by atomic mass is 9.86. The van der Waals surface area contributed by atoms with Gasteiger partial charge in [0, 0.05) is 17.8 Å². The van der Waals surface area contributed by atoms with Gasteiger partial charge in [-0.2, -0.15) is 0 Å². The van der Waals surface area contributed by atoms with Crippen molar-refractivity contribution in [3.8, 4) is 11.5 Å². The summed E-state index contributed by atoms with van der Waals surface area (Å²) in [7, 11) is -4.27. The Balaban J connectivity index is 1.81. The zero-order chi connectivity index (χ0) is 24.9. The molecule has 2 aromatic carbocycles. The highest BCUT2D eigenvalue weighted by molar-refractivity contribution is 7.92. The molecule has 1 amide bonds. The summed E-state index contributed by atoms with van der Waals surface area (Å²) in [6.07, 6.45) is -2.88. The normalized spacial score (nSPS) is 18.7. The smallest absolute Gasteiger partial charge is 0.492 e. The maximum absolute atomic E-state index is 12.9. The Hall–Kier alpha value is -2.99. The van der Waals surface area contributed by atoms with Crippen molar-refractivity contribution in [1.29, 1.82) is 0 Å². The molecule has 0 spiro atoms. The van der Waals surface area contributed by atoms with Crippen molar-refractivity contribution in [3.63, 3.8) is 0 Å². The largest absolute Gasteiger partial charge is 0.573 e. The van der Waals surface area contributed by atoms with Gasteiger partial charge in [0.05, 0.1) is 24.3 Å². The topological polar surface area (TPSA) is 114 Å². The lowest BCUT2D eigenvalue weighted by Gasteiger charge is -2.26. The fourth-order valence-corrected chi connectivity index (χ4v) is 4.87. The maximum atomic E-state index is 12.9. The number of halogens is 3. The van der Waals surface area contributed by atoms with E-state index < -0.39 is 34.2 Å². The molecule has 0 radical (unpaired) electrons. The van der Waals surface area contributed by atoms with Crippen LogP contribution in [0.25, 0.3) is 0 Å². The Labute approximate surface area is 195 Å². The van der Waals surface area contributed by atoms with E-state index in [0.29, 0.717) is 12.8 Å². The van der Waals surface area contributed by atoms with Crippen LogP contribution in [0.2, 0.25) is 0 Å². The van der Waals surface area contributed by atoms with Crippen LogP contribution in [-0.2, 0) is 14.8 Å². The molecule has 34 heavy (non-hydrogen) atoms. The number of aliphatic hydroxyl groups excluding tert-OH is 1. The summed E-state index contributed by atoms with van der Waals surface area (Å²) in [5.41, 5.74) is 0.138. The highest BCUT2D eigenvalue weighted by Crippen LogP contribution is 2.32. The van der Waals surface area contributed by atoms with Gasteiger partial charge in [0.15, 0.2) is 0 Å². The van der Waals surface area contributed by atoms with Crippen LogP contribution in [0, 0.1) is 5.92 Å². The maximum Gasteiger partial charge on any atom is 0.573 e. The van der Waals surface area contributed by atoms with Crippen molar-refractivity contribution in [2.45, 2.75) is 50.0 Å². The molecule has 2 atom stereocenters. The van der Waals surface area contributed by atoms with Gasteiger partial charge in [0.1, 0.15) is 16.4 Å². The molecule has 12 heteroatoms. The number of hydrogen-bond donors (Lipinski definition) is 3. The van der Waals surface area contributed by atoms with E-state index in [1.165, 1.54) is 30.3 Å². The first-order valence-corrected chi connectivity index (χ1v) is 12.1. The third-order valence-corrected chi connectivity index (χ3v) is 6.61. The molecule has 1 aliphatic carbocycles. The minimum Gasteiger partial charge on any atom is -0.492 e. The Morgan fingerprint density at radius 2 is 1.85 bits per heavy atom. The van der Waals surface area contributed by atoms with Crippen molar-refractivity contribution in [2.75, 3.05) is 16.6 Å². The average Bonchev–Trinajstić information content (AvgIpc) is 2.73. The number of nitrogens with one attached hydrogen (secondary N) is 2. The summed E-state index contributed by atoms with van der Waals surface area (Å²) < 4.78 is 74.7. The van der Waals surface area contributed by atoms with Crippen LogP contribution in [0.1, 0.15) is 32.6 Å². The van der Waals surface area contributed by atoms with Gasteiger partial charge in [-0.1, -0.05) is 18.9 Å². The monoisotopic (exact) mass is 502 g/mol. The molecule has 2 aromatic rings. The van der Waals surface area contributed by atoms with E-state index in [4.69, 9.17) is 4.74 Å². The number of amides is 1. The fraction of sp³-hybridized carbons (Fsp3) is 0.409. The number of ether oxygens (including phenoxy) is 2. The second-order valence-corrected chi connectivity index (χ2v) is 9.37. The van der Waals surface area contributed by atoms with Gasteiger partial charge >= 0.3 is 6.36 Å². The van der Waals surface area contributed by atoms with Crippen LogP contribution >= 0.6 is 0 Å². The lowest BCUT2D eigenvalue weighted by molar-refractivity contribution is -0.274. The van der Waals surface area contributed by atoms with Crippen LogP contribution in [0.15, 0.2) is 47.4 Å². The highest BCUT2D eigenvalue weighted by Gasteiger charge is 2.32. The molecule has 0 saturated heterocycles. The number of anilines is 2. The average molecular weight is 503 g/mol. The second kappa shape index (κ2) is 10.5. The fourth-order valence-electron chi connectivity index (χ4n) is 3.70. The molecule has 1 aliphatic rings. The summed E-state index contributed by atoms with van der Waals surface area (Å²) >= 11 is 0. The third-order valence-electron chi connectivity index (χ3n) is 5.19. The van der Waals surface area contributed by atoms with E-state index in [2.05, 4.69) is 14.8 Å². The van der Waals surface area contributed by atoms with Gasteiger partial charge < -0.3 is 19.9 Å². The Kier molecular flexibility index (Phi) is 7.93. The molecule has 0 heterocycles. The lowest BCUT2D eigenvalue weighted by Crippen LogP contribution is -2.35. The molecular weight excluding hydrogens is 477 g/mol. The second-order valence-electron chi connectivity index (χ2n) is 7.72. The number of carbonyl (C=O) groups excluding carboxylic acids is 1. The molecular formula is C22H25F3N2O6S. The first kappa shape index (κ1) is 25.6. The first-order chi connectivity index (χ1) is 16.0. The Morgan fingerprint density at radius 3 is 2.53 bits per heavy atom. The molecule has 0 bridgehead atoms. The molecule has 1 fully saturated rings. The van der Waals surface area contributed by atoms with Gasteiger partial charge in [-0.3, -0.25) is 9.52 Å². The van der Waals surface area contributed by atoms with Gasteiger partial charge in [-0.25, -0.2) is 8.42 Å². The van der Waals surface area contributed by atoms with Gasteiger partial charge in [-0.15, -0.1) is 13.2 Å². The predicted octanol–water partition coefficient (Wildman–Crippen LogP) is 4.27. The molecule has 186 valence electrons. The molecule has 0 unspecified atom stereocenters. The van der Waals surface area contributed by atoms with Crippen molar-refractivity contribution in [2.24, 2.45) is 5.92 Å². The van der Waals surface area contributed by atoms with Crippen LogP contribution in [-0.4, -0.2) is 38.5 Å². The van der Waals surface area contributed by atoms with Crippen molar-refractivity contribution < 1.29 is 41.0 Å². The van der Waals surface area contributed by atoms with Gasteiger partial charge in [0.25, 0.3) is 10.0 Å². The molecule has 0 aliphatic heterocycles. The zero-order valence-corrected chi connectivity index (χ0v) is 19.1. The number of rotatable bonds is 8. The highest BCUT2D eigenvalue weighted by atomic mass is 32.2. The van der Waals surface area contributed by atoms with Gasteiger partial charge in [-0.05, 0) is 44.0 Å². The molecule has 3 N–H and O–H groups in total. The summed E-state index contributed by atoms with van der Waals surface area (Å²) in [6, 6.07) is 8.34. The Morgan fingerprint density at radius 1 is 1.12 bits per heavy atom. The Bertz CT molecular complexity index is 1120. The van der Waals surface area contributed by atoms with E-state index in [1.54, 1.807) is 6.92 Å². The zero-order valence-electron chi connectivity index (χ0n) is 18.3. The van der Waals surface area contributed by atoms with Crippen molar-refractivity contribution >= 4 is 27.3 Å². The molecule has 8 nitrogen and oxygen atoms in total. The quantitative estimate of drug-likeness (QED) is 0.497. The molecule has 3 rings (SSSR count). The summed E-state index contributed by atoms with van der Waals surface area (Å²) in [4.78, 5) is 12.3.